The molecule has 0 spiro atoms. The fraction of sp³-hybridized carbons (Fsp3) is 0.182. The van der Waals surface area contributed by atoms with Gasteiger partial charge >= 0.3 is 6.36 Å². The molecular formula is C11H9F3N2O. The van der Waals surface area contributed by atoms with Gasteiger partial charge in [-0.15, -0.1) is 13.2 Å². The van der Waals surface area contributed by atoms with Crippen molar-refractivity contribution < 1.29 is 17.9 Å². The molecule has 17 heavy (non-hydrogen) atoms. The molecule has 0 unspecified atom stereocenters. The fourth-order valence-electron chi connectivity index (χ4n) is 1.40. The third-order valence-electron chi connectivity index (χ3n) is 2.10. The molecule has 0 aliphatic rings. The molecule has 0 N–H and O–H groups in total. The summed E-state index contributed by atoms with van der Waals surface area (Å²) in [6, 6.07) is 7.36. The number of hydrogen-bond donors (Lipinski definition) is 0. The van der Waals surface area contributed by atoms with Crippen LogP contribution in [0.3, 0.4) is 0 Å². The molecule has 0 saturated heterocycles. The number of ether oxygens (including phenoxy) is 1. The number of hydrogen-bond acceptors (Lipinski definition) is 2. The van der Waals surface area contributed by atoms with Crippen LogP contribution >= 0.6 is 0 Å². The molecule has 0 radical (unpaired) electrons. The Morgan fingerprint density at radius 1 is 1.12 bits per heavy atom. The van der Waals surface area contributed by atoms with Crippen LogP contribution in [0.5, 0.6) is 5.75 Å². The first kappa shape index (κ1) is 11.5. The highest BCUT2D eigenvalue weighted by molar-refractivity contribution is 5.59. The van der Waals surface area contributed by atoms with E-state index in [1.54, 1.807) is 24.0 Å². The molecule has 2 rings (SSSR count). The van der Waals surface area contributed by atoms with Gasteiger partial charge in [-0.1, -0.05) is 0 Å². The Hall–Kier alpha value is -1.98. The van der Waals surface area contributed by atoms with Gasteiger partial charge in [0.1, 0.15) is 5.75 Å². The van der Waals surface area contributed by atoms with Crippen LogP contribution in [0.1, 0.15) is 0 Å². The predicted molar refractivity (Wildman–Crippen MR) is 55.3 cm³/mol. The summed E-state index contributed by atoms with van der Waals surface area (Å²) >= 11 is 0. The maximum Gasteiger partial charge on any atom is 0.573 e. The van der Waals surface area contributed by atoms with Gasteiger partial charge in [0, 0.05) is 18.8 Å². The first-order valence-electron chi connectivity index (χ1n) is 4.80. The number of nitrogens with zero attached hydrogens (tertiary/aromatic N) is 2. The minimum Gasteiger partial charge on any atom is -0.406 e. The summed E-state index contributed by atoms with van der Waals surface area (Å²) in [7, 11) is 1.77. The molecule has 6 heteroatoms. The van der Waals surface area contributed by atoms with Gasteiger partial charge in [0.15, 0.2) is 0 Å². The van der Waals surface area contributed by atoms with E-state index in [-0.39, 0.29) is 5.75 Å². The maximum atomic E-state index is 11.9. The largest absolute Gasteiger partial charge is 0.573 e. The highest BCUT2D eigenvalue weighted by Gasteiger charge is 2.30. The summed E-state index contributed by atoms with van der Waals surface area (Å²) in [4.78, 5) is 0. The van der Waals surface area contributed by atoms with E-state index in [2.05, 4.69) is 9.84 Å². The number of benzene rings is 1. The standard InChI is InChI=1S/C11H9F3N2O/c1-16-7-6-10(15-16)8-2-4-9(5-3-8)17-11(12,13)14/h2-7H,1H3. The SMILES string of the molecule is Cn1ccc(-c2ccc(OC(F)(F)F)cc2)n1. The number of alkyl halides is 3. The Kier molecular flexibility index (Phi) is 2.79. The first-order chi connectivity index (χ1) is 7.94. The van der Waals surface area contributed by atoms with Crippen LogP contribution in [0.25, 0.3) is 11.3 Å². The highest BCUT2D eigenvalue weighted by Crippen LogP contribution is 2.25. The molecule has 0 atom stereocenters. The quantitative estimate of drug-likeness (QED) is 0.809. The average molecular weight is 242 g/mol. The van der Waals surface area contributed by atoms with E-state index < -0.39 is 6.36 Å². The van der Waals surface area contributed by atoms with Crippen LogP contribution in [0.4, 0.5) is 13.2 Å². The summed E-state index contributed by atoms with van der Waals surface area (Å²) in [6.07, 6.45) is -2.90. The first-order valence-corrected chi connectivity index (χ1v) is 4.80. The van der Waals surface area contributed by atoms with Gasteiger partial charge in [-0.25, -0.2) is 0 Å². The van der Waals surface area contributed by atoms with E-state index >= 15 is 0 Å². The van der Waals surface area contributed by atoms with Crippen molar-refractivity contribution in [3.63, 3.8) is 0 Å². The summed E-state index contributed by atoms with van der Waals surface area (Å²) in [5, 5.41) is 4.14. The second-order valence-corrected chi connectivity index (χ2v) is 3.45. The van der Waals surface area contributed by atoms with Gasteiger partial charge in [-0.2, -0.15) is 5.10 Å². The molecule has 1 aromatic carbocycles. The van der Waals surface area contributed by atoms with Crippen molar-refractivity contribution in [2.45, 2.75) is 6.36 Å². The molecule has 1 heterocycles. The third kappa shape index (κ3) is 2.99. The van der Waals surface area contributed by atoms with Gasteiger partial charge < -0.3 is 4.74 Å². The molecule has 2 aromatic rings. The predicted octanol–water partition coefficient (Wildman–Crippen LogP) is 2.99. The van der Waals surface area contributed by atoms with E-state index in [1.807, 2.05) is 0 Å². The Morgan fingerprint density at radius 3 is 2.24 bits per heavy atom. The van der Waals surface area contributed by atoms with Crippen LogP contribution in [0.2, 0.25) is 0 Å². The second-order valence-electron chi connectivity index (χ2n) is 3.45. The van der Waals surface area contributed by atoms with Crippen LogP contribution in [0, 0.1) is 0 Å². The zero-order valence-electron chi connectivity index (χ0n) is 8.90. The Balaban J connectivity index is 2.19. The lowest BCUT2D eigenvalue weighted by Crippen LogP contribution is -2.16. The number of rotatable bonds is 2. The molecule has 0 amide bonds. The maximum absolute atomic E-state index is 11.9. The summed E-state index contributed by atoms with van der Waals surface area (Å²) in [5.41, 5.74) is 1.44. The minimum absolute atomic E-state index is 0.239. The number of aromatic nitrogens is 2. The smallest absolute Gasteiger partial charge is 0.406 e. The van der Waals surface area contributed by atoms with Crippen molar-refractivity contribution in [3.05, 3.63) is 36.5 Å². The fourth-order valence-corrected chi connectivity index (χ4v) is 1.40. The average Bonchev–Trinajstić information content (AvgIpc) is 2.63. The Morgan fingerprint density at radius 2 is 1.76 bits per heavy atom. The molecular weight excluding hydrogens is 233 g/mol. The molecule has 1 aromatic heterocycles. The Bertz CT molecular complexity index is 502. The molecule has 0 saturated carbocycles. The topological polar surface area (TPSA) is 27.1 Å². The summed E-state index contributed by atoms with van der Waals surface area (Å²) in [5.74, 6) is -0.239. The minimum atomic E-state index is -4.66. The van der Waals surface area contributed by atoms with Crippen molar-refractivity contribution in [1.29, 1.82) is 0 Å². The number of aryl methyl sites for hydroxylation is 1. The van der Waals surface area contributed by atoms with Gasteiger partial charge in [0.25, 0.3) is 0 Å². The zero-order valence-corrected chi connectivity index (χ0v) is 8.90. The molecule has 0 bridgehead atoms. The summed E-state index contributed by atoms with van der Waals surface area (Å²) < 4.78 is 41.2. The van der Waals surface area contributed by atoms with E-state index in [9.17, 15) is 13.2 Å². The highest BCUT2D eigenvalue weighted by atomic mass is 19.4. The van der Waals surface area contributed by atoms with Crippen molar-refractivity contribution in [2.24, 2.45) is 7.05 Å². The van der Waals surface area contributed by atoms with Crippen molar-refractivity contribution in [3.8, 4) is 17.0 Å². The van der Waals surface area contributed by atoms with Crippen molar-refractivity contribution >= 4 is 0 Å². The van der Waals surface area contributed by atoms with Crippen LogP contribution in [0.15, 0.2) is 36.5 Å². The van der Waals surface area contributed by atoms with Crippen LogP contribution < -0.4 is 4.74 Å². The molecule has 0 aliphatic carbocycles. The normalized spacial score (nSPS) is 11.5. The van der Waals surface area contributed by atoms with Gasteiger partial charge in [-0.05, 0) is 30.3 Å². The van der Waals surface area contributed by atoms with E-state index in [4.69, 9.17) is 0 Å². The van der Waals surface area contributed by atoms with E-state index in [0.717, 1.165) is 5.56 Å². The van der Waals surface area contributed by atoms with Crippen LogP contribution in [-0.4, -0.2) is 16.1 Å². The lowest BCUT2D eigenvalue weighted by Gasteiger charge is -2.08. The molecule has 90 valence electrons. The molecule has 0 aliphatic heterocycles. The van der Waals surface area contributed by atoms with Crippen molar-refractivity contribution in [1.82, 2.24) is 9.78 Å². The lowest BCUT2D eigenvalue weighted by molar-refractivity contribution is -0.274. The van der Waals surface area contributed by atoms with E-state index in [1.165, 1.54) is 24.3 Å². The summed E-state index contributed by atoms with van der Waals surface area (Å²) in [6.45, 7) is 0. The number of halogens is 3. The van der Waals surface area contributed by atoms with E-state index in [0.29, 0.717) is 5.69 Å². The van der Waals surface area contributed by atoms with Gasteiger partial charge in [0.2, 0.25) is 0 Å². The molecule has 0 fully saturated rings. The van der Waals surface area contributed by atoms with Crippen molar-refractivity contribution in [2.75, 3.05) is 0 Å². The van der Waals surface area contributed by atoms with Gasteiger partial charge in [0.05, 0.1) is 5.69 Å². The molecule has 3 nitrogen and oxygen atoms in total. The van der Waals surface area contributed by atoms with Crippen LogP contribution in [-0.2, 0) is 7.05 Å². The zero-order chi connectivity index (χ0) is 12.5. The van der Waals surface area contributed by atoms with Gasteiger partial charge in [-0.3, -0.25) is 4.68 Å². The third-order valence-corrected chi connectivity index (χ3v) is 2.10. The lowest BCUT2D eigenvalue weighted by atomic mass is 10.1. The monoisotopic (exact) mass is 242 g/mol. The Labute approximate surface area is 95.4 Å². The second kappa shape index (κ2) is 4.12.